The van der Waals surface area contributed by atoms with Gasteiger partial charge in [-0.1, -0.05) is 12.1 Å². The second-order valence-corrected chi connectivity index (χ2v) is 8.26. The molecule has 0 heterocycles. The van der Waals surface area contributed by atoms with Gasteiger partial charge in [0.2, 0.25) is 5.91 Å². The maximum Gasteiger partial charge on any atom is 0.261 e. The summed E-state index contributed by atoms with van der Waals surface area (Å²) in [5.74, 6) is -0.0834. The summed E-state index contributed by atoms with van der Waals surface area (Å²) in [6, 6.07) is 18.8. The van der Waals surface area contributed by atoms with E-state index in [0.29, 0.717) is 28.4 Å². The lowest BCUT2D eigenvalue weighted by atomic mass is 10.2. The van der Waals surface area contributed by atoms with Gasteiger partial charge in [-0.25, -0.2) is 8.42 Å². The first kappa shape index (κ1) is 21.8. The molecule has 0 radical (unpaired) electrons. The summed E-state index contributed by atoms with van der Waals surface area (Å²) in [4.78, 5) is 23.8. The van der Waals surface area contributed by atoms with Gasteiger partial charge in [-0.2, -0.15) is 0 Å². The molecule has 0 saturated heterocycles. The second kappa shape index (κ2) is 9.31. The molecule has 0 unspecified atom stereocenters. The third-order valence-corrected chi connectivity index (χ3v) is 5.57. The lowest BCUT2D eigenvalue weighted by Gasteiger charge is -2.11. The van der Waals surface area contributed by atoms with Crippen LogP contribution < -0.4 is 20.1 Å². The molecule has 0 fully saturated rings. The Morgan fingerprint density at radius 1 is 0.806 bits per heavy atom. The van der Waals surface area contributed by atoms with E-state index in [1.165, 1.54) is 38.3 Å². The van der Waals surface area contributed by atoms with E-state index in [1.807, 2.05) is 0 Å². The maximum absolute atomic E-state index is 12.7. The monoisotopic (exact) mass is 439 g/mol. The minimum atomic E-state index is -3.87. The Hall–Kier alpha value is -3.85. The Labute approximate surface area is 180 Å². The number of ether oxygens (including phenoxy) is 1. The van der Waals surface area contributed by atoms with Crippen LogP contribution in [0.25, 0.3) is 0 Å². The average molecular weight is 439 g/mol. The summed E-state index contributed by atoms with van der Waals surface area (Å²) in [5.41, 5.74) is 1.49. The average Bonchev–Trinajstić information content (AvgIpc) is 2.74. The molecular weight excluding hydrogens is 418 g/mol. The van der Waals surface area contributed by atoms with Crippen molar-refractivity contribution < 1.29 is 22.7 Å². The molecule has 0 aliphatic rings. The first-order valence-electron chi connectivity index (χ1n) is 9.23. The zero-order valence-electron chi connectivity index (χ0n) is 16.9. The fourth-order valence-electron chi connectivity index (χ4n) is 2.76. The molecule has 0 aliphatic carbocycles. The zero-order chi connectivity index (χ0) is 22.4. The van der Waals surface area contributed by atoms with E-state index in [1.54, 1.807) is 48.5 Å². The molecule has 0 atom stereocenters. The van der Waals surface area contributed by atoms with Crippen LogP contribution in [0.15, 0.2) is 77.7 Å². The summed E-state index contributed by atoms with van der Waals surface area (Å²) in [6.07, 6.45) is 0. The van der Waals surface area contributed by atoms with E-state index in [-0.39, 0.29) is 10.8 Å². The number of hydrogen-bond donors (Lipinski definition) is 3. The molecule has 3 rings (SSSR count). The van der Waals surface area contributed by atoms with Crippen molar-refractivity contribution in [3.05, 3.63) is 78.4 Å². The van der Waals surface area contributed by atoms with Crippen molar-refractivity contribution in [3.63, 3.8) is 0 Å². The topological polar surface area (TPSA) is 114 Å². The molecule has 0 aromatic heterocycles. The van der Waals surface area contributed by atoms with Gasteiger partial charge in [0.1, 0.15) is 5.75 Å². The van der Waals surface area contributed by atoms with Crippen LogP contribution in [0.4, 0.5) is 17.1 Å². The highest BCUT2D eigenvalue weighted by atomic mass is 32.2. The first-order chi connectivity index (χ1) is 14.8. The van der Waals surface area contributed by atoms with Crippen molar-refractivity contribution in [1.29, 1.82) is 0 Å². The number of methoxy groups -OCH3 is 1. The molecule has 3 aromatic rings. The molecule has 0 saturated carbocycles. The minimum Gasteiger partial charge on any atom is -0.497 e. The van der Waals surface area contributed by atoms with Crippen LogP contribution in [0.5, 0.6) is 5.75 Å². The third kappa shape index (κ3) is 5.83. The van der Waals surface area contributed by atoms with E-state index in [0.717, 1.165) is 0 Å². The lowest BCUT2D eigenvalue weighted by molar-refractivity contribution is -0.114. The van der Waals surface area contributed by atoms with Crippen LogP contribution in [0.3, 0.4) is 0 Å². The largest absolute Gasteiger partial charge is 0.497 e. The van der Waals surface area contributed by atoms with Crippen molar-refractivity contribution in [2.24, 2.45) is 0 Å². The second-order valence-electron chi connectivity index (χ2n) is 6.58. The van der Waals surface area contributed by atoms with Gasteiger partial charge in [0.05, 0.1) is 12.0 Å². The fourth-order valence-corrected chi connectivity index (χ4v) is 3.86. The summed E-state index contributed by atoms with van der Waals surface area (Å²) in [5, 5.41) is 5.28. The van der Waals surface area contributed by atoms with Crippen molar-refractivity contribution in [1.82, 2.24) is 0 Å². The number of hydrogen-bond acceptors (Lipinski definition) is 5. The number of sulfonamides is 1. The summed E-state index contributed by atoms with van der Waals surface area (Å²) in [6.45, 7) is 1.37. The predicted molar refractivity (Wildman–Crippen MR) is 119 cm³/mol. The Bertz CT molecular complexity index is 1210. The predicted octanol–water partition coefficient (Wildman–Crippen LogP) is 3.71. The van der Waals surface area contributed by atoms with Crippen molar-refractivity contribution in [2.75, 3.05) is 22.5 Å². The third-order valence-electron chi connectivity index (χ3n) is 4.19. The molecule has 3 N–H and O–H groups in total. The number of carbonyl (C=O) groups excluding carboxylic acids is 2. The number of rotatable bonds is 7. The van der Waals surface area contributed by atoms with E-state index in [9.17, 15) is 18.0 Å². The quantitative estimate of drug-likeness (QED) is 0.519. The summed E-state index contributed by atoms with van der Waals surface area (Å²) >= 11 is 0. The highest BCUT2D eigenvalue weighted by Crippen LogP contribution is 2.22. The number of nitrogens with one attached hydrogen (secondary N) is 3. The van der Waals surface area contributed by atoms with E-state index in [2.05, 4.69) is 15.4 Å². The Morgan fingerprint density at radius 2 is 1.45 bits per heavy atom. The molecule has 0 aliphatic heterocycles. The standard InChI is InChI=1S/C22H21N3O5S/c1-15(26)23-18-6-3-5-16(13-18)22(27)24-19-7-4-8-21(14-19)31(28,29)25-17-9-11-20(30-2)12-10-17/h3-14,25H,1-2H3,(H,23,26)(H,24,27). The molecule has 2 amide bonds. The molecular formula is C22H21N3O5S. The van der Waals surface area contributed by atoms with Crippen LogP contribution in [0.1, 0.15) is 17.3 Å². The first-order valence-corrected chi connectivity index (χ1v) is 10.7. The molecule has 31 heavy (non-hydrogen) atoms. The molecule has 0 spiro atoms. The normalized spacial score (nSPS) is 10.8. The fraction of sp³-hybridized carbons (Fsp3) is 0.0909. The molecule has 8 nitrogen and oxygen atoms in total. The van der Waals surface area contributed by atoms with E-state index >= 15 is 0 Å². The Kier molecular flexibility index (Phi) is 6.56. The van der Waals surface area contributed by atoms with Gasteiger partial charge in [0, 0.05) is 29.5 Å². The number of amides is 2. The van der Waals surface area contributed by atoms with Crippen LogP contribution in [-0.2, 0) is 14.8 Å². The van der Waals surface area contributed by atoms with Crippen LogP contribution in [0.2, 0.25) is 0 Å². The van der Waals surface area contributed by atoms with Gasteiger partial charge in [-0.15, -0.1) is 0 Å². The van der Waals surface area contributed by atoms with Crippen LogP contribution in [0, 0.1) is 0 Å². The van der Waals surface area contributed by atoms with Crippen molar-refractivity contribution in [2.45, 2.75) is 11.8 Å². The zero-order valence-corrected chi connectivity index (χ0v) is 17.7. The number of anilines is 3. The molecule has 0 bridgehead atoms. The Balaban J connectivity index is 1.76. The van der Waals surface area contributed by atoms with Crippen LogP contribution in [-0.4, -0.2) is 27.3 Å². The summed E-state index contributed by atoms with van der Waals surface area (Å²) < 4.78 is 33.0. The molecule has 160 valence electrons. The number of carbonyl (C=O) groups is 2. The van der Waals surface area contributed by atoms with Gasteiger partial charge in [0.25, 0.3) is 15.9 Å². The van der Waals surface area contributed by atoms with Gasteiger partial charge in [-0.05, 0) is 60.7 Å². The van der Waals surface area contributed by atoms with Gasteiger partial charge in [-0.3, -0.25) is 14.3 Å². The lowest BCUT2D eigenvalue weighted by Crippen LogP contribution is -2.15. The summed E-state index contributed by atoms with van der Waals surface area (Å²) in [7, 11) is -2.34. The van der Waals surface area contributed by atoms with Crippen LogP contribution >= 0.6 is 0 Å². The SMILES string of the molecule is COc1ccc(NS(=O)(=O)c2cccc(NC(=O)c3cccc(NC(C)=O)c3)c2)cc1. The van der Waals surface area contributed by atoms with Crippen molar-refractivity contribution in [3.8, 4) is 5.75 Å². The number of benzene rings is 3. The maximum atomic E-state index is 12.7. The highest BCUT2D eigenvalue weighted by molar-refractivity contribution is 7.92. The van der Waals surface area contributed by atoms with Gasteiger partial charge < -0.3 is 15.4 Å². The molecule has 9 heteroatoms. The smallest absolute Gasteiger partial charge is 0.261 e. The van der Waals surface area contributed by atoms with Gasteiger partial charge >= 0.3 is 0 Å². The minimum absolute atomic E-state index is 0.00637. The van der Waals surface area contributed by atoms with E-state index < -0.39 is 15.9 Å². The van der Waals surface area contributed by atoms with Crippen molar-refractivity contribution >= 4 is 38.9 Å². The van der Waals surface area contributed by atoms with Gasteiger partial charge in [0.15, 0.2) is 0 Å². The highest BCUT2D eigenvalue weighted by Gasteiger charge is 2.16. The Morgan fingerprint density at radius 3 is 2.10 bits per heavy atom. The van der Waals surface area contributed by atoms with E-state index in [4.69, 9.17) is 4.74 Å². The molecule has 3 aromatic carbocycles.